The molecule has 2 nitrogen and oxygen atoms in total. The van der Waals surface area contributed by atoms with E-state index in [0.29, 0.717) is 10.8 Å². The molecule has 2 fully saturated rings. The maximum absolute atomic E-state index is 6.04. The summed E-state index contributed by atoms with van der Waals surface area (Å²) in [5.41, 5.74) is 7.12. The third-order valence-electron chi connectivity index (χ3n) is 5.57. The van der Waals surface area contributed by atoms with Crippen molar-refractivity contribution in [3.05, 3.63) is 0 Å². The maximum atomic E-state index is 6.04. The Morgan fingerprint density at radius 1 is 1.06 bits per heavy atom. The Balaban J connectivity index is 1.85. The van der Waals surface area contributed by atoms with E-state index in [1.165, 1.54) is 64.6 Å². The van der Waals surface area contributed by atoms with Gasteiger partial charge in [-0.1, -0.05) is 33.1 Å². The van der Waals surface area contributed by atoms with Gasteiger partial charge in [-0.05, 0) is 56.1 Å². The summed E-state index contributed by atoms with van der Waals surface area (Å²) in [6.45, 7) is 9.56. The quantitative estimate of drug-likeness (QED) is 0.816. The summed E-state index contributed by atoms with van der Waals surface area (Å²) in [4.78, 5) is 2.69. The average molecular weight is 238 g/mol. The summed E-state index contributed by atoms with van der Waals surface area (Å²) in [5.74, 6) is 0. The van der Waals surface area contributed by atoms with Gasteiger partial charge >= 0.3 is 0 Å². The van der Waals surface area contributed by atoms with E-state index in [2.05, 4.69) is 18.7 Å². The van der Waals surface area contributed by atoms with Gasteiger partial charge in [0.25, 0.3) is 0 Å². The minimum Gasteiger partial charge on any atom is -0.330 e. The number of nitrogens with two attached hydrogens (primary N) is 1. The lowest BCUT2D eigenvalue weighted by atomic mass is 9.77. The van der Waals surface area contributed by atoms with Crippen LogP contribution in [0.4, 0.5) is 0 Å². The van der Waals surface area contributed by atoms with Crippen LogP contribution in [0, 0.1) is 10.8 Å². The van der Waals surface area contributed by atoms with E-state index in [1.807, 2.05) is 0 Å². The molecule has 1 aliphatic heterocycles. The average Bonchev–Trinajstić information content (AvgIpc) is 2.82. The molecule has 0 aromatic rings. The highest BCUT2D eigenvalue weighted by Crippen LogP contribution is 2.40. The van der Waals surface area contributed by atoms with Crippen molar-refractivity contribution in [2.24, 2.45) is 16.6 Å². The van der Waals surface area contributed by atoms with Gasteiger partial charge in [0.1, 0.15) is 0 Å². The van der Waals surface area contributed by atoms with Crippen LogP contribution in [0.5, 0.6) is 0 Å². The smallest absolute Gasteiger partial charge is 0.00501 e. The molecular weight excluding hydrogens is 208 g/mol. The second-order valence-corrected chi connectivity index (χ2v) is 6.85. The zero-order valence-electron chi connectivity index (χ0n) is 11.8. The largest absolute Gasteiger partial charge is 0.330 e. The van der Waals surface area contributed by atoms with E-state index in [1.54, 1.807) is 0 Å². The zero-order valence-corrected chi connectivity index (χ0v) is 11.8. The molecule has 1 heterocycles. The molecule has 0 atom stereocenters. The van der Waals surface area contributed by atoms with Crippen LogP contribution in [0.3, 0.4) is 0 Å². The monoisotopic (exact) mass is 238 g/mol. The van der Waals surface area contributed by atoms with Crippen LogP contribution in [-0.2, 0) is 0 Å². The maximum Gasteiger partial charge on any atom is 0.00501 e. The number of rotatable bonds is 4. The Kier molecular flexibility index (Phi) is 4.14. The Labute approximate surface area is 107 Å². The first-order chi connectivity index (χ1) is 8.11. The van der Waals surface area contributed by atoms with Crippen molar-refractivity contribution in [2.45, 2.75) is 58.8 Å². The van der Waals surface area contributed by atoms with Crippen molar-refractivity contribution in [1.82, 2.24) is 4.90 Å². The molecule has 0 radical (unpaired) electrons. The molecule has 0 spiro atoms. The molecule has 0 aromatic carbocycles. The highest BCUT2D eigenvalue weighted by molar-refractivity contribution is 4.90. The minimum atomic E-state index is 0.472. The molecule has 2 rings (SSSR count). The number of likely N-dealkylation sites (tertiary alicyclic amines) is 1. The van der Waals surface area contributed by atoms with E-state index in [-0.39, 0.29) is 0 Å². The molecular formula is C15H30N2. The van der Waals surface area contributed by atoms with Crippen LogP contribution in [-0.4, -0.2) is 31.1 Å². The van der Waals surface area contributed by atoms with Crippen molar-refractivity contribution in [2.75, 3.05) is 26.2 Å². The van der Waals surface area contributed by atoms with Gasteiger partial charge in [0.2, 0.25) is 0 Å². The Morgan fingerprint density at radius 3 is 2.12 bits per heavy atom. The van der Waals surface area contributed by atoms with Gasteiger partial charge in [-0.25, -0.2) is 0 Å². The van der Waals surface area contributed by atoms with Gasteiger partial charge in [-0.15, -0.1) is 0 Å². The normalized spacial score (nSPS) is 28.4. The number of hydrogen-bond donors (Lipinski definition) is 1. The summed E-state index contributed by atoms with van der Waals surface area (Å²) in [6, 6.07) is 0. The van der Waals surface area contributed by atoms with Gasteiger partial charge in [0.15, 0.2) is 0 Å². The Bertz CT molecular complexity index is 235. The predicted molar refractivity (Wildman–Crippen MR) is 74.0 cm³/mol. The number of nitrogens with zero attached hydrogens (tertiary/aromatic N) is 1. The highest BCUT2D eigenvalue weighted by atomic mass is 15.1. The fourth-order valence-corrected chi connectivity index (χ4v) is 3.63. The first-order valence-electron chi connectivity index (χ1n) is 7.54. The fraction of sp³-hybridized carbons (Fsp3) is 1.00. The van der Waals surface area contributed by atoms with Gasteiger partial charge < -0.3 is 10.6 Å². The molecule has 100 valence electrons. The SMILES string of the molecule is CCC1(C)CCN(CC2(CN)CCCC2)CC1. The molecule has 0 unspecified atom stereocenters. The summed E-state index contributed by atoms with van der Waals surface area (Å²) in [5, 5.41) is 0. The van der Waals surface area contributed by atoms with Crippen LogP contribution < -0.4 is 5.73 Å². The summed E-state index contributed by atoms with van der Waals surface area (Å²) in [7, 11) is 0. The topological polar surface area (TPSA) is 29.3 Å². The lowest BCUT2D eigenvalue weighted by Gasteiger charge is -2.42. The summed E-state index contributed by atoms with van der Waals surface area (Å²) < 4.78 is 0. The van der Waals surface area contributed by atoms with Gasteiger partial charge in [0, 0.05) is 6.54 Å². The van der Waals surface area contributed by atoms with Gasteiger partial charge in [-0.3, -0.25) is 0 Å². The van der Waals surface area contributed by atoms with E-state index in [4.69, 9.17) is 5.73 Å². The Morgan fingerprint density at radius 2 is 1.65 bits per heavy atom. The molecule has 1 saturated heterocycles. The van der Waals surface area contributed by atoms with Crippen LogP contribution in [0.2, 0.25) is 0 Å². The van der Waals surface area contributed by atoms with Crippen molar-refractivity contribution < 1.29 is 0 Å². The van der Waals surface area contributed by atoms with Crippen LogP contribution >= 0.6 is 0 Å². The van der Waals surface area contributed by atoms with E-state index in [0.717, 1.165) is 6.54 Å². The molecule has 2 aliphatic rings. The third-order valence-corrected chi connectivity index (χ3v) is 5.57. The molecule has 1 aliphatic carbocycles. The highest BCUT2D eigenvalue weighted by Gasteiger charge is 2.36. The Hall–Kier alpha value is -0.0800. The van der Waals surface area contributed by atoms with Crippen molar-refractivity contribution >= 4 is 0 Å². The molecule has 0 aromatic heterocycles. The molecule has 1 saturated carbocycles. The van der Waals surface area contributed by atoms with E-state index < -0.39 is 0 Å². The molecule has 17 heavy (non-hydrogen) atoms. The van der Waals surface area contributed by atoms with E-state index in [9.17, 15) is 0 Å². The fourth-order valence-electron chi connectivity index (χ4n) is 3.63. The molecule has 2 heteroatoms. The second-order valence-electron chi connectivity index (χ2n) is 6.85. The van der Waals surface area contributed by atoms with Gasteiger partial charge in [0.05, 0.1) is 0 Å². The summed E-state index contributed by atoms with van der Waals surface area (Å²) in [6.07, 6.45) is 9.63. The summed E-state index contributed by atoms with van der Waals surface area (Å²) >= 11 is 0. The van der Waals surface area contributed by atoms with Crippen LogP contribution in [0.25, 0.3) is 0 Å². The first kappa shape index (κ1) is 13.4. The second kappa shape index (κ2) is 5.27. The standard InChI is InChI=1S/C15H30N2/c1-3-14(2)8-10-17(11-9-14)13-15(12-16)6-4-5-7-15/h3-13,16H2,1-2H3. The molecule has 2 N–H and O–H groups in total. The minimum absolute atomic E-state index is 0.472. The lowest BCUT2D eigenvalue weighted by molar-refractivity contribution is 0.0758. The van der Waals surface area contributed by atoms with Crippen molar-refractivity contribution in [3.8, 4) is 0 Å². The van der Waals surface area contributed by atoms with Crippen LogP contribution in [0.1, 0.15) is 58.8 Å². The van der Waals surface area contributed by atoms with Crippen molar-refractivity contribution in [3.63, 3.8) is 0 Å². The third kappa shape index (κ3) is 3.03. The molecule has 0 bridgehead atoms. The van der Waals surface area contributed by atoms with Crippen LogP contribution in [0.15, 0.2) is 0 Å². The predicted octanol–water partition coefficient (Wildman–Crippen LogP) is 3.02. The number of piperidine rings is 1. The lowest BCUT2D eigenvalue weighted by Crippen LogP contribution is -2.46. The molecule has 0 amide bonds. The van der Waals surface area contributed by atoms with Gasteiger partial charge in [-0.2, -0.15) is 0 Å². The first-order valence-corrected chi connectivity index (χ1v) is 7.54. The van der Waals surface area contributed by atoms with E-state index >= 15 is 0 Å². The van der Waals surface area contributed by atoms with Crippen molar-refractivity contribution in [1.29, 1.82) is 0 Å². The zero-order chi connectivity index (χ0) is 12.4. The number of hydrogen-bond acceptors (Lipinski definition) is 2.